The van der Waals surface area contributed by atoms with Crippen molar-refractivity contribution in [3.63, 3.8) is 0 Å². The minimum Gasteiger partial charge on any atom is -0.479 e. The van der Waals surface area contributed by atoms with E-state index in [0.717, 1.165) is 6.07 Å². The van der Waals surface area contributed by atoms with Crippen LogP contribution in [0.2, 0.25) is 0 Å². The Bertz CT molecular complexity index is 852. The number of anilines is 1. The monoisotopic (exact) mass is 342 g/mol. The van der Waals surface area contributed by atoms with Gasteiger partial charge in [0.1, 0.15) is 5.82 Å². The largest absolute Gasteiger partial charge is 0.479 e. The van der Waals surface area contributed by atoms with Gasteiger partial charge in [0.05, 0.1) is 5.56 Å². The molecule has 3 N–H and O–H groups in total. The molecule has 128 valence electrons. The number of hydrogen-bond donors (Lipinski definition) is 3. The maximum Gasteiger partial charge on any atom is 0.330 e. The number of rotatable bonds is 4. The SMILES string of the molecule is O=C1CCc2cc(C(=O)N[C@@H](C(=O)O)c3ccccc3)c(F)cc2N1. The van der Waals surface area contributed by atoms with Crippen molar-refractivity contribution in [2.45, 2.75) is 18.9 Å². The molecule has 3 rings (SSSR count). The van der Waals surface area contributed by atoms with E-state index >= 15 is 0 Å². The predicted octanol–water partition coefficient (Wildman–Crippen LogP) is 2.27. The number of carboxylic acids is 1. The van der Waals surface area contributed by atoms with Gasteiger partial charge in [-0.2, -0.15) is 0 Å². The van der Waals surface area contributed by atoms with Crippen LogP contribution in [0.15, 0.2) is 42.5 Å². The third-order valence-electron chi connectivity index (χ3n) is 3.99. The van der Waals surface area contributed by atoms with Crippen molar-refractivity contribution in [2.24, 2.45) is 0 Å². The summed E-state index contributed by atoms with van der Waals surface area (Å²) in [6, 6.07) is 9.31. The number of benzene rings is 2. The Kier molecular flexibility index (Phi) is 4.47. The number of carboxylic acid groups (broad SMARTS) is 1. The van der Waals surface area contributed by atoms with Crippen LogP contribution in [0.4, 0.5) is 10.1 Å². The van der Waals surface area contributed by atoms with Crippen molar-refractivity contribution in [1.82, 2.24) is 5.32 Å². The Hall–Kier alpha value is -3.22. The first kappa shape index (κ1) is 16.6. The minimum absolute atomic E-state index is 0.209. The van der Waals surface area contributed by atoms with Gasteiger partial charge in [-0.25, -0.2) is 9.18 Å². The molecule has 0 saturated heterocycles. The number of amides is 2. The van der Waals surface area contributed by atoms with Crippen molar-refractivity contribution in [2.75, 3.05) is 5.32 Å². The molecule has 1 atom stereocenters. The summed E-state index contributed by atoms with van der Waals surface area (Å²) in [4.78, 5) is 35.2. The lowest BCUT2D eigenvalue weighted by atomic mass is 9.99. The first-order chi connectivity index (χ1) is 12.0. The van der Waals surface area contributed by atoms with Crippen LogP contribution in [0.5, 0.6) is 0 Å². The maximum absolute atomic E-state index is 14.2. The van der Waals surface area contributed by atoms with Gasteiger partial charge in [0.15, 0.2) is 6.04 Å². The number of hydrogen-bond acceptors (Lipinski definition) is 3. The quantitative estimate of drug-likeness (QED) is 0.794. The van der Waals surface area contributed by atoms with Crippen LogP contribution in [0.25, 0.3) is 0 Å². The molecule has 0 radical (unpaired) electrons. The molecule has 1 heterocycles. The molecule has 2 aromatic rings. The molecule has 0 unspecified atom stereocenters. The van der Waals surface area contributed by atoms with Crippen LogP contribution < -0.4 is 10.6 Å². The number of carbonyl (C=O) groups is 3. The van der Waals surface area contributed by atoms with E-state index in [-0.39, 0.29) is 17.9 Å². The van der Waals surface area contributed by atoms with Gasteiger partial charge in [-0.15, -0.1) is 0 Å². The molecule has 0 saturated carbocycles. The van der Waals surface area contributed by atoms with Gasteiger partial charge in [0, 0.05) is 12.1 Å². The molecule has 7 heteroatoms. The van der Waals surface area contributed by atoms with Gasteiger partial charge in [-0.05, 0) is 29.7 Å². The Morgan fingerprint density at radius 2 is 1.88 bits per heavy atom. The van der Waals surface area contributed by atoms with Crippen molar-refractivity contribution < 1.29 is 23.9 Å². The molecule has 6 nitrogen and oxygen atoms in total. The van der Waals surface area contributed by atoms with Crippen LogP contribution in [0.3, 0.4) is 0 Å². The van der Waals surface area contributed by atoms with Crippen molar-refractivity contribution >= 4 is 23.5 Å². The van der Waals surface area contributed by atoms with E-state index in [2.05, 4.69) is 10.6 Å². The number of aryl methyl sites for hydroxylation is 1. The zero-order valence-electron chi connectivity index (χ0n) is 13.1. The summed E-state index contributed by atoms with van der Waals surface area (Å²) in [5.41, 5.74) is 1.10. The molecule has 0 spiro atoms. The summed E-state index contributed by atoms with van der Waals surface area (Å²) < 4.78 is 14.2. The number of halogens is 1. The highest BCUT2D eigenvalue weighted by atomic mass is 19.1. The van der Waals surface area contributed by atoms with Gasteiger partial charge >= 0.3 is 5.97 Å². The highest BCUT2D eigenvalue weighted by Crippen LogP contribution is 2.26. The van der Waals surface area contributed by atoms with Crippen molar-refractivity contribution in [3.05, 3.63) is 65.0 Å². The molecular formula is C18H15FN2O4. The van der Waals surface area contributed by atoms with Crippen LogP contribution in [0, 0.1) is 5.82 Å². The van der Waals surface area contributed by atoms with Gasteiger partial charge in [-0.1, -0.05) is 30.3 Å². The van der Waals surface area contributed by atoms with Crippen molar-refractivity contribution in [1.29, 1.82) is 0 Å². The third-order valence-corrected chi connectivity index (χ3v) is 3.99. The number of aliphatic carboxylic acids is 1. The molecule has 0 aromatic heterocycles. The highest BCUT2D eigenvalue weighted by Gasteiger charge is 2.25. The lowest BCUT2D eigenvalue weighted by molar-refractivity contribution is -0.139. The average molecular weight is 342 g/mol. The zero-order valence-corrected chi connectivity index (χ0v) is 13.1. The first-order valence-corrected chi connectivity index (χ1v) is 7.66. The predicted molar refractivity (Wildman–Crippen MR) is 87.6 cm³/mol. The summed E-state index contributed by atoms with van der Waals surface area (Å²) in [7, 11) is 0. The molecule has 0 fully saturated rings. The van der Waals surface area contributed by atoms with E-state index in [0.29, 0.717) is 23.2 Å². The Labute approximate surface area is 142 Å². The second kappa shape index (κ2) is 6.72. The molecule has 1 aliphatic rings. The second-order valence-corrected chi connectivity index (χ2v) is 5.69. The van der Waals surface area contributed by atoms with Gasteiger partial charge in [-0.3, -0.25) is 9.59 Å². The summed E-state index contributed by atoms with van der Waals surface area (Å²) in [6.07, 6.45) is 0.643. The lowest BCUT2D eigenvalue weighted by Crippen LogP contribution is -2.34. The van der Waals surface area contributed by atoms with E-state index in [9.17, 15) is 23.9 Å². The third kappa shape index (κ3) is 3.50. The van der Waals surface area contributed by atoms with Crippen LogP contribution >= 0.6 is 0 Å². The van der Waals surface area contributed by atoms with Crippen LogP contribution in [0.1, 0.15) is 33.9 Å². The molecule has 2 amide bonds. The molecule has 0 aliphatic carbocycles. The minimum atomic E-state index is -1.29. The molecule has 0 bridgehead atoms. The van der Waals surface area contributed by atoms with Gasteiger partial charge in [0.2, 0.25) is 5.91 Å². The summed E-state index contributed by atoms with van der Waals surface area (Å²) in [5.74, 6) is -3.10. The van der Waals surface area contributed by atoms with Crippen molar-refractivity contribution in [3.8, 4) is 0 Å². The Balaban J connectivity index is 1.88. The normalized spacial score (nSPS) is 14.2. The Morgan fingerprint density at radius 1 is 1.16 bits per heavy atom. The van der Waals surface area contributed by atoms with E-state index in [1.807, 2.05) is 0 Å². The van der Waals surface area contributed by atoms with Gasteiger partial charge in [0.25, 0.3) is 5.91 Å². The maximum atomic E-state index is 14.2. The fraction of sp³-hybridized carbons (Fsp3) is 0.167. The van der Waals surface area contributed by atoms with E-state index in [1.165, 1.54) is 6.07 Å². The number of fused-ring (bicyclic) bond motifs is 1. The standard InChI is InChI=1S/C18H15FN2O4/c19-13-9-14-11(6-7-15(22)20-14)8-12(13)17(23)21-16(18(24)25)10-4-2-1-3-5-10/h1-5,8-9,16H,6-7H2,(H,20,22)(H,21,23)(H,24,25)/t16-/m1/s1. The molecule has 2 aromatic carbocycles. The van der Waals surface area contributed by atoms with E-state index in [1.54, 1.807) is 30.3 Å². The van der Waals surface area contributed by atoms with E-state index < -0.39 is 23.7 Å². The summed E-state index contributed by atoms with van der Waals surface area (Å²) in [5, 5.41) is 14.2. The first-order valence-electron chi connectivity index (χ1n) is 7.66. The van der Waals surface area contributed by atoms with Gasteiger partial charge < -0.3 is 15.7 Å². The Morgan fingerprint density at radius 3 is 2.56 bits per heavy atom. The average Bonchev–Trinajstić information content (AvgIpc) is 2.59. The number of nitrogens with one attached hydrogen (secondary N) is 2. The smallest absolute Gasteiger partial charge is 0.330 e. The van der Waals surface area contributed by atoms with Crippen LogP contribution in [-0.2, 0) is 16.0 Å². The second-order valence-electron chi connectivity index (χ2n) is 5.69. The zero-order chi connectivity index (χ0) is 18.0. The van der Waals surface area contributed by atoms with E-state index in [4.69, 9.17) is 0 Å². The number of carbonyl (C=O) groups excluding carboxylic acids is 2. The molecule has 1 aliphatic heterocycles. The lowest BCUT2D eigenvalue weighted by Gasteiger charge is -2.19. The fourth-order valence-corrected chi connectivity index (χ4v) is 2.72. The molecular weight excluding hydrogens is 327 g/mol. The fourth-order valence-electron chi connectivity index (χ4n) is 2.72. The summed E-state index contributed by atoms with van der Waals surface area (Å²) >= 11 is 0. The highest BCUT2D eigenvalue weighted by molar-refractivity contribution is 5.99. The van der Waals surface area contributed by atoms with Crippen LogP contribution in [-0.4, -0.2) is 22.9 Å². The molecule has 25 heavy (non-hydrogen) atoms. The topological polar surface area (TPSA) is 95.5 Å². The summed E-state index contributed by atoms with van der Waals surface area (Å²) in [6.45, 7) is 0.